The van der Waals surface area contributed by atoms with Crippen molar-refractivity contribution >= 4 is 50.5 Å². The van der Waals surface area contributed by atoms with Crippen LogP contribution in [0.4, 0.5) is 0 Å². The molecule has 0 spiro atoms. The maximum Gasteiger partial charge on any atom is 0.337 e. The zero-order chi connectivity index (χ0) is 30.9. The third-order valence-corrected chi connectivity index (χ3v) is 11.7. The Bertz CT molecular complexity index is 1580. The lowest BCUT2D eigenvalue weighted by molar-refractivity contribution is 0.0598. The minimum atomic E-state index is -4.55. The number of methoxy groups -OCH3 is 2. The molecule has 0 heterocycles. The molecule has 0 unspecified atom stereocenters. The van der Waals surface area contributed by atoms with Crippen molar-refractivity contribution in [2.45, 2.75) is 4.90 Å². The third-order valence-electron chi connectivity index (χ3n) is 6.62. The minimum absolute atomic E-state index is 0.187. The van der Waals surface area contributed by atoms with Crippen LogP contribution in [0.2, 0.25) is 0 Å². The molecule has 0 radical (unpaired) electrons. The summed E-state index contributed by atoms with van der Waals surface area (Å²) in [6.45, 7) is 0. The fourth-order valence-corrected chi connectivity index (χ4v) is 9.54. The van der Waals surface area contributed by atoms with Gasteiger partial charge < -0.3 is 9.47 Å². The van der Waals surface area contributed by atoms with E-state index in [1.54, 1.807) is 0 Å². The fraction of sp³-hybridized carbons (Fsp3) is 0.0588. The molecule has 0 aliphatic rings. The van der Waals surface area contributed by atoms with Gasteiger partial charge in [-0.25, -0.2) is 9.59 Å². The first-order chi connectivity index (χ1) is 20.7. The summed E-state index contributed by atoms with van der Waals surface area (Å²) in [7, 11) is -4.26. The van der Waals surface area contributed by atoms with Gasteiger partial charge in [-0.15, -0.1) is 0 Å². The van der Waals surface area contributed by atoms with E-state index in [9.17, 15) is 18.0 Å². The zero-order valence-electron chi connectivity index (χ0n) is 23.5. The number of carbonyl (C=O) groups excluding carboxylic acids is 2. The fourth-order valence-electron chi connectivity index (χ4n) is 4.72. The number of esters is 2. The van der Waals surface area contributed by atoms with Crippen LogP contribution in [-0.2, 0) is 19.6 Å². The van der Waals surface area contributed by atoms with E-state index < -0.39 is 34.2 Å². The summed E-state index contributed by atoms with van der Waals surface area (Å²) in [6.07, 6.45) is 0. The molecule has 0 saturated carbocycles. The molecule has 0 aliphatic carbocycles. The monoisotopic (exact) mass is 613 g/mol. The second-order valence-electron chi connectivity index (χ2n) is 9.22. The van der Waals surface area contributed by atoms with Gasteiger partial charge in [0.25, 0.3) is 10.1 Å². The van der Waals surface area contributed by atoms with Crippen molar-refractivity contribution in [3.8, 4) is 0 Å². The van der Waals surface area contributed by atoms with Gasteiger partial charge in [-0.3, -0.25) is 4.55 Å². The number of hydrogen-bond acceptors (Lipinski definition) is 6. The van der Waals surface area contributed by atoms with Crippen LogP contribution in [0.5, 0.6) is 0 Å². The van der Waals surface area contributed by atoms with E-state index in [0.717, 1.165) is 32.4 Å². The molecule has 5 rings (SSSR count). The smallest absolute Gasteiger partial charge is 0.337 e. The van der Waals surface area contributed by atoms with Crippen LogP contribution in [0, 0.1) is 0 Å². The Morgan fingerprint density at radius 2 is 0.814 bits per heavy atom. The van der Waals surface area contributed by atoms with E-state index in [4.69, 9.17) is 4.55 Å². The maximum absolute atomic E-state index is 11.3. The lowest BCUT2D eigenvalue weighted by Crippen LogP contribution is -2.38. The molecule has 218 valence electrons. The molecule has 0 amide bonds. The van der Waals surface area contributed by atoms with Crippen molar-refractivity contribution in [1.82, 2.24) is 0 Å². The van der Waals surface area contributed by atoms with E-state index in [1.807, 2.05) is 0 Å². The van der Waals surface area contributed by atoms with Crippen LogP contribution < -0.4 is 21.2 Å². The molecule has 9 heteroatoms. The van der Waals surface area contributed by atoms with Crippen LogP contribution in [0.25, 0.3) is 0 Å². The van der Waals surface area contributed by atoms with Crippen molar-refractivity contribution in [3.63, 3.8) is 0 Å². The van der Waals surface area contributed by atoms with Crippen LogP contribution in [-0.4, -0.2) is 39.1 Å². The molecule has 5 aromatic rings. The molecular weight excluding hydrogens is 583 g/mol. The van der Waals surface area contributed by atoms with Crippen molar-refractivity contribution in [1.29, 1.82) is 0 Å². The quantitative estimate of drug-likeness (QED) is 0.160. The summed E-state index contributed by atoms with van der Waals surface area (Å²) in [4.78, 5) is 22.0. The number of benzene rings is 5. The Kier molecular flexibility index (Phi) is 10.2. The van der Waals surface area contributed by atoms with Gasteiger partial charge >= 0.3 is 11.9 Å². The number of hydrogen-bond donors (Lipinski definition) is 1. The van der Waals surface area contributed by atoms with Crippen molar-refractivity contribution < 1.29 is 32.0 Å². The lowest BCUT2D eigenvalue weighted by atomic mass is 10.1. The average Bonchev–Trinajstić information content (AvgIpc) is 3.06. The lowest BCUT2D eigenvalue weighted by Gasteiger charge is -2.27. The van der Waals surface area contributed by atoms with Gasteiger partial charge in [0.05, 0.1) is 30.2 Å². The molecule has 0 fully saturated rings. The molecule has 7 nitrogen and oxygen atoms in total. The highest BCUT2D eigenvalue weighted by atomic mass is 32.2. The Hall–Kier alpha value is -4.62. The molecule has 0 aliphatic heterocycles. The SMILES string of the molecule is COC(=O)c1cc(C(=O)OC)cc(S(=O)(=O)O)c1.c1ccc([P+](c2ccccc2)(c2ccccc2)c2ccccc2)cc1. The Labute approximate surface area is 251 Å². The van der Waals surface area contributed by atoms with Gasteiger partial charge in [0.2, 0.25) is 0 Å². The van der Waals surface area contributed by atoms with Crippen LogP contribution in [0.3, 0.4) is 0 Å². The summed E-state index contributed by atoms with van der Waals surface area (Å²) < 4.78 is 39.7. The maximum atomic E-state index is 11.3. The van der Waals surface area contributed by atoms with Crippen molar-refractivity contribution in [3.05, 3.63) is 151 Å². The summed E-state index contributed by atoms with van der Waals surface area (Å²) in [5.74, 6) is -1.68. The molecule has 1 N–H and O–H groups in total. The van der Waals surface area contributed by atoms with E-state index in [-0.39, 0.29) is 11.1 Å². The first kappa shape index (κ1) is 31.3. The van der Waals surface area contributed by atoms with Gasteiger partial charge in [0.15, 0.2) is 0 Å². The highest BCUT2D eigenvalue weighted by molar-refractivity contribution is 8.01. The van der Waals surface area contributed by atoms with Crippen LogP contribution in [0.15, 0.2) is 144 Å². The summed E-state index contributed by atoms with van der Waals surface area (Å²) in [5.41, 5.74) is -0.374. The zero-order valence-corrected chi connectivity index (χ0v) is 25.2. The van der Waals surface area contributed by atoms with Gasteiger partial charge in [-0.1, -0.05) is 72.8 Å². The normalized spacial score (nSPS) is 11.0. The molecule has 0 bridgehead atoms. The summed E-state index contributed by atoms with van der Waals surface area (Å²) in [5, 5.41) is 5.55. The van der Waals surface area contributed by atoms with Gasteiger partial charge in [-0.2, -0.15) is 8.42 Å². The van der Waals surface area contributed by atoms with Crippen molar-refractivity contribution in [2.24, 2.45) is 0 Å². The predicted molar refractivity (Wildman–Crippen MR) is 170 cm³/mol. The van der Waals surface area contributed by atoms with Crippen LogP contribution >= 0.6 is 7.26 Å². The molecule has 0 atom stereocenters. The van der Waals surface area contributed by atoms with E-state index >= 15 is 0 Å². The second-order valence-corrected chi connectivity index (χ2v) is 14.0. The predicted octanol–water partition coefficient (Wildman–Crippen LogP) is 4.81. The highest BCUT2D eigenvalue weighted by Crippen LogP contribution is 2.53. The largest absolute Gasteiger partial charge is 0.465 e. The van der Waals surface area contributed by atoms with E-state index in [0.29, 0.717) is 0 Å². The molecule has 43 heavy (non-hydrogen) atoms. The number of rotatable bonds is 7. The summed E-state index contributed by atoms with van der Waals surface area (Å²) in [6, 6.07) is 46.7. The molecular formula is C34H30O7PS+. The Morgan fingerprint density at radius 1 is 0.535 bits per heavy atom. The number of ether oxygens (including phenoxy) is 2. The average molecular weight is 614 g/mol. The number of carbonyl (C=O) groups is 2. The minimum Gasteiger partial charge on any atom is -0.465 e. The van der Waals surface area contributed by atoms with Gasteiger partial charge in [0, 0.05) is 0 Å². The Balaban J connectivity index is 0.000000209. The second kappa shape index (κ2) is 14.0. The highest BCUT2D eigenvalue weighted by Gasteiger charge is 2.47. The van der Waals surface area contributed by atoms with Crippen molar-refractivity contribution in [2.75, 3.05) is 14.2 Å². The first-order valence-corrected chi connectivity index (χ1v) is 16.4. The van der Waals surface area contributed by atoms with Gasteiger partial charge in [-0.05, 0) is 66.7 Å². The van der Waals surface area contributed by atoms with Gasteiger partial charge in [0.1, 0.15) is 28.5 Å². The topological polar surface area (TPSA) is 107 Å². The standard InChI is InChI=1S/C24H20P.C10H10O7S/c1-5-13-21(14-6-1)25(22-15-7-2-8-16-22,23-17-9-3-10-18-23)24-19-11-4-12-20-24;1-16-9(11)6-3-7(10(12)17-2)5-8(4-6)18(13,14)15/h1-20H;3-5H,1-2H3,(H,13,14,15)/q+1;. The van der Waals surface area contributed by atoms with E-state index in [1.165, 1.54) is 21.2 Å². The third kappa shape index (κ3) is 7.07. The Morgan fingerprint density at radius 3 is 1.05 bits per heavy atom. The summed E-state index contributed by atoms with van der Waals surface area (Å²) >= 11 is 0. The molecule has 0 aromatic heterocycles. The van der Waals surface area contributed by atoms with E-state index in [2.05, 4.69) is 131 Å². The first-order valence-electron chi connectivity index (χ1n) is 13.1. The molecule has 0 saturated heterocycles. The van der Waals surface area contributed by atoms with Crippen LogP contribution in [0.1, 0.15) is 20.7 Å². The molecule has 5 aromatic carbocycles.